The quantitative estimate of drug-likeness (QED) is 0.337. The van der Waals surface area contributed by atoms with Crippen molar-refractivity contribution in [3.63, 3.8) is 0 Å². The highest BCUT2D eigenvalue weighted by Crippen LogP contribution is 2.29. The molecule has 0 aliphatic carbocycles. The van der Waals surface area contributed by atoms with E-state index in [4.69, 9.17) is 15.2 Å². The molecule has 3 aromatic rings. The highest BCUT2D eigenvalue weighted by atomic mass is 32.2. The number of hydrogen-bond acceptors (Lipinski definition) is 10. The molecule has 0 fully saturated rings. The minimum atomic E-state index is -0.582. The number of nitrogen functional groups attached to an aromatic ring is 1. The number of rotatable bonds is 7. The zero-order valence-corrected chi connectivity index (χ0v) is 16.7. The summed E-state index contributed by atoms with van der Waals surface area (Å²) in [5, 5.41) is 3.53. The largest absolute Gasteiger partial charge is 0.497 e. The smallest absolute Gasteiger partial charge is 0.343 e. The number of carbonyl (C=O) groups excluding carboxylic acids is 2. The number of benzene rings is 1. The number of nitrogens with two attached hydrogens (primary N) is 1. The van der Waals surface area contributed by atoms with E-state index in [-0.39, 0.29) is 34.8 Å². The number of ether oxygens (including phenoxy) is 2. The first-order valence-corrected chi connectivity index (χ1v) is 9.97. The van der Waals surface area contributed by atoms with Crippen LogP contribution in [0.5, 0.6) is 5.75 Å². The number of thiazole rings is 1. The van der Waals surface area contributed by atoms with Crippen molar-refractivity contribution in [1.82, 2.24) is 15.0 Å². The van der Waals surface area contributed by atoms with E-state index in [1.54, 1.807) is 14.0 Å². The Hall–Kier alpha value is -2.92. The Balaban J connectivity index is 1.59. The van der Waals surface area contributed by atoms with Crippen LogP contribution >= 0.6 is 23.1 Å². The van der Waals surface area contributed by atoms with Gasteiger partial charge in [0.25, 0.3) is 0 Å². The zero-order chi connectivity index (χ0) is 20.1. The predicted octanol–water partition coefficient (Wildman–Crippen LogP) is 2.58. The summed E-state index contributed by atoms with van der Waals surface area (Å²) < 4.78 is 11.0. The fourth-order valence-electron chi connectivity index (χ4n) is 2.18. The van der Waals surface area contributed by atoms with E-state index < -0.39 is 5.97 Å². The van der Waals surface area contributed by atoms with Crippen molar-refractivity contribution >= 4 is 56.1 Å². The summed E-state index contributed by atoms with van der Waals surface area (Å²) >= 11 is 2.45. The number of hydrogen-bond donors (Lipinski definition) is 2. The van der Waals surface area contributed by atoms with E-state index in [0.717, 1.165) is 27.7 Å². The molecule has 0 bridgehead atoms. The average molecular weight is 419 g/mol. The Labute approximate surface area is 168 Å². The maximum Gasteiger partial charge on any atom is 0.343 e. The summed E-state index contributed by atoms with van der Waals surface area (Å²) in [6.45, 7) is 1.92. The number of nitrogens with zero attached hydrogens (tertiary/aromatic N) is 3. The number of carbonyl (C=O) groups is 2. The Morgan fingerprint density at radius 2 is 2.14 bits per heavy atom. The normalized spacial score (nSPS) is 10.6. The van der Waals surface area contributed by atoms with Crippen LogP contribution in [0, 0.1) is 0 Å². The fraction of sp³-hybridized carbons (Fsp3) is 0.235. The minimum absolute atomic E-state index is 0.0106. The fourth-order valence-corrected chi connectivity index (χ4v) is 3.72. The molecule has 146 valence electrons. The lowest BCUT2D eigenvalue weighted by atomic mass is 10.3. The van der Waals surface area contributed by atoms with Crippen molar-refractivity contribution in [3.05, 3.63) is 30.0 Å². The maximum absolute atomic E-state index is 12.2. The van der Waals surface area contributed by atoms with Gasteiger partial charge in [-0.1, -0.05) is 23.1 Å². The molecule has 2 aromatic heterocycles. The number of methoxy groups -OCH3 is 1. The minimum Gasteiger partial charge on any atom is -0.497 e. The lowest BCUT2D eigenvalue weighted by Crippen LogP contribution is -2.14. The van der Waals surface area contributed by atoms with Gasteiger partial charge in [-0.25, -0.2) is 19.7 Å². The molecule has 3 rings (SSSR count). The molecule has 0 atom stereocenters. The summed E-state index contributed by atoms with van der Waals surface area (Å²) in [5.41, 5.74) is 6.64. The number of amides is 1. The molecule has 9 nitrogen and oxygen atoms in total. The lowest BCUT2D eigenvalue weighted by Gasteiger charge is -2.06. The molecule has 28 heavy (non-hydrogen) atoms. The van der Waals surface area contributed by atoms with Gasteiger partial charge < -0.3 is 20.5 Å². The molecule has 0 unspecified atom stereocenters. The first kappa shape index (κ1) is 19.8. The van der Waals surface area contributed by atoms with Crippen LogP contribution in [0.2, 0.25) is 0 Å². The van der Waals surface area contributed by atoms with E-state index in [9.17, 15) is 9.59 Å². The van der Waals surface area contributed by atoms with Crippen molar-refractivity contribution < 1.29 is 19.1 Å². The molecular formula is C17H17N5O4S2. The molecule has 2 heterocycles. The van der Waals surface area contributed by atoms with Gasteiger partial charge in [-0.2, -0.15) is 0 Å². The molecule has 0 radical (unpaired) electrons. The molecule has 0 aliphatic rings. The average Bonchev–Trinajstić information content (AvgIpc) is 3.07. The van der Waals surface area contributed by atoms with Crippen molar-refractivity contribution in [2.75, 3.05) is 30.5 Å². The number of aromatic nitrogens is 3. The zero-order valence-electron chi connectivity index (χ0n) is 15.1. The third kappa shape index (κ3) is 4.67. The molecule has 0 saturated carbocycles. The second kappa shape index (κ2) is 8.85. The van der Waals surface area contributed by atoms with Crippen molar-refractivity contribution in [1.29, 1.82) is 0 Å². The van der Waals surface area contributed by atoms with Crippen molar-refractivity contribution in [2.24, 2.45) is 0 Å². The van der Waals surface area contributed by atoms with E-state index in [1.807, 2.05) is 18.2 Å². The number of thioether (sulfide) groups is 1. The van der Waals surface area contributed by atoms with Gasteiger partial charge in [0.2, 0.25) is 5.91 Å². The Kier molecular flexibility index (Phi) is 6.26. The first-order chi connectivity index (χ1) is 13.5. The third-order valence-corrected chi connectivity index (χ3v) is 5.26. The molecule has 0 aliphatic heterocycles. The van der Waals surface area contributed by atoms with Crippen LogP contribution in [-0.4, -0.2) is 46.3 Å². The standard InChI is InChI=1S/C17H17N5O4S2/c1-3-26-15(24)10-7-19-16(22-14(10)18)27-8-13(23)21-17-20-11-5-4-9(25-2)6-12(11)28-17/h4-7H,3,8H2,1-2H3,(H2,18,19,22)(H,20,21,23). The van der Waals surface area contributed by atoms with Gasteiger partial charge in [-0.05, 0) is 25.1 Å². The molecule has 11 heteroatoms. The third-order valence-electron chi connectivity index (χ3n) is 3.47. The molecular weight excluding hydrogens is 402 g/mol. The number of nitrogens with one attached hydrogen (secondary N) is 1. The molecule has 0 spiro atoms. The molecule has 3 N–H and O–H groups in total. The van der Waals surface area contributed by atoms with Crippen LogP contribution < -0.4 is 15.8 Å². The van der Waals surface area contributed by atoms with Crippen LogP contribution in [0.1, 0.15) is 17.3 Å². The Bertz CT molecular complexity index is 1020. The van der Waals surface area contributed by atoms with Gasteiger partial charge in [0.1, 0.15) is 17.1 Å². The second-order valence-corrected chi connectivity index (χ2v) is 7.33. The van der Waals surface area contributed by atoms with E-state index in [0.29, 0.717) is 5.13 Å². The Morgan fingerprint density at radius 1 is 1.32 bits per heavy atom. The van der Waals surface area contributed by atoms with Crippen LogP contribution in [0.3, 0.4) is 0 Å². The van der Waals surface area contributed by atoms with Crippen LogP contribution in [-0.2, 0) is 9.53 Å². The van der Waals surface area contributed by atoms with Crippen LogP contribution in [0.25, 0.3) is 10.2 Å². The summed E-state index contributed by atoms with van der Waals surface area (Å²) in [7, 11) is 1.59. The van der Waals surface area contributed by atoms with E-state index >= 15 is 0 Å². The van der Waals surface area contributed by atoms with Crippen LogP contribution in [0.4, 0.5) is 10.9 Å². The summed E-state index contributed by atoms with van der Waals surface area (Å²) in [5.74, 6) is -0.0336. The summed E-state index contributed by atoms with van der Waals surface area (Å²) in [6, 6.07) is 5.50. The molecule has 1 amide bonds. The van der Waals surface area contributed by atoms with Gasteiger partial charge in [0, 0.05) is 6.20 Å². The SMILES string of the molecule is CCOC(=O)c1cnc(SCC(=O)Nc2nc3ccc(OC)cc3s2)nc1N. The van der Waals surface area contributed by atoms with Crippen LogP contribution in [0.15, 0.2) is 29.6 Å². The molecule has 0 saturated heterocycles. The first-order valence-electron chi connectivity index (χ1n) is 8.17. The Morgan fingerprint density at radius 3 is 2.86 bits per heavy atom. The van der Waals surface area contributed by atoms with Gasteiger partial charge in [-0.3, -0.25) is 4.79 Å². The lowest BCUT2D eigenvalue weighted by molar-refractivity contribution is -0.113. The second-order valence-electron chi connectivity index (χ2n) is 5.36. The highest BCUT2D eigenvalue weighted by molar-refractivity contribution is 7.99. The van der Waals surface area contributed by atoms with Gasteiger partial charge in [0.15, 0.2) is 10.3 Å². The van der Waals surface area contributed by atoms with Crippen molar-refractivity contribution in [3.8, 4) is 5.75 Å². The highest BCUT2D eigenvalue weighted by Gasteiger charge is 2.15. The number of anilines is 2. The number of esters is 1. The molecule has 1 aromatic carbocycles. The van der Waals surface area contributed by atoms with E-state index in [2.05, 4.69) is 20.3 Å². The topological polar surface area (TPSA) is 129 Å². The van der Waals surface area contributed by atoms with Gasteiger partial charge >= 0.3 is 5.97 Å². The summed E-state index contributed by atoms with van der Waals surface area (Å²) in [4.78, 5) is 36.3. The monoisotopic (exact) mass is 419 g/mol. The van der Waals surface area contributed by atoms with Crippen molar-refractivity contribution in [2.45, 2.75) is 12.1 Å². The van der Waals surface area contributed by atoms with E-state index in [1.165, 1.54) is 17.5 Å². The maximum atomic E-state index is 12.2. The predicted molar refractivity (Wildman–Crippen MR) is 108 cm³/mol. The van der Waals surface area contributed by atoms with Gasteiger partial charge in [-0.15, -0.1) is 0 Å². The summed E-state index contributed by atoms with van der Waals surface area (Å²) in [6.07, 6.45) is 1.29. The number of fused-ring (bicyclic) bond motifs is 1. The van der Waals surface area contributed by atoms with Gasteiger partial charge in [0.05, 0.1) is 29.7 Å².